The Hall–Kier alpha value is 0.0300. The summed E-state index contributed by atoms with van der Waals surface area (Å²) < 4.78 is 0. The van der Waals surface area contributed by atoms with Crippen LogP contribution in [0.4, 0.5) is 0 Å². The lowest BCUT2D eigenvalue weighted by Gasteiger charge is -2.32. The Labute approximate surface area is 74.6 Å². The Kier molecular flexibility index (Phi) is 2.64. The first-order chi connectivity index (χ1) is 5.08. The fourth-order valence-electron chi connectivity index (χ4n) is 1.76. The van der Waals surface area contributed by atoms with Gasteiger partial charge in [0.25, 0.3) is 0 Å². The van der Waals surface area contributed by atoms with Gasteiger partial charge in [0.2, 0.25) is 0 Å². The van der Waals surface area contributed by atoms with Crippen molar-refractivity contribution in [1.82, 2.24) is 0 Å². The molecule has 64 valence electrons. The second-order valence-corrected chi connectivity index (χ2v) is 4.37. The average Bonchev–Trinajstić information content (AvgIpc) is 1.95. The molecule has 0 aromatic rings. The highest BCUT2D eigenvalue weighted by Gasteiger charge is 2.25. The molecule has 0 unspecified atom stereocenters. The van der Waals surface area contributed by atoms with E-state index in [1.54, 1.807) is 0 Å². The molecule has 1 heteroatoms. The third-order valence-corrected chi connectivity index (χ3v) is 3.31. The number of hydrogen-bond donors (Lipinski definition) is 0. The summed E-state index contributed by atoms with van der Waals surface area (Å²) >= 11 is 5.84. The van der Waals surface area contributed by atoms with Gasteiger partial charge in [0, 0.05) is 5.88 Å². The van der Waals surface area contributed by atoms with Crippen LogP contribution in [-0.4, -0.2) is 5.88 Å². The van der Waals surface area contributed by atoms with E-state index in [1.165, 1.54) is 30.4 Å². The monoisotopic (exact) mass is 172 g/mol. The zero-order valence-corrected chi connectivity index (χ0v) is 8.46. The molecule has 0 N–H and O–H groups in total. The summed E-state index contributed by atoms with van der Waals surface area (Å²) in [4.78, 5) is 0. The van der Waals surface area contributed by atoms with Crippen molar-refractivity contribution in [3.63, 3.8) is 0 Å². The fourth-order valence-corrected chi connectivity index (χ4v) is 2.10. The van der Waals surface area contributed by atoms with Crippen LogP contribution in [0.15, 0.2) is 11.1 Å². The molecule has 1 aliphatic rings. The lowest BCUT2D eigenvalue weighted by Crippen LogP contribution is -2.19. The molecule has 0 aromatic heterocycles. The molecule has 0 spiro atoms. The Morgan fingerprint density at radius 2 is 2.09 bits per heavy atom. The maximum absolute atomic E-state index is 5.84. The van der Waals surface area contributed by atoms with Gasteiger partial charge in [-0.05, 0) is 31.6 Å². The number of alkyl halides is 1. The number of hydrogen-bond acceptors (Lipinski definition) is 0. The van der Waals surface area contributed by atoms with Crippen LogP contribution in [0.2, 0.25) is 0 Å². The van der Waals surface area contributed by atoms with Crippen molar-refractivity contribution in [3.8, 4) is 0 Å². The second-order valence-electron chi connectivity index (χ2n) is 4.10. The van der Waals surface area contributed by atoms with E-state index in [9.17, 15) is 0 Å². The third-order valence-electron chi connectivity index (χ3n) is 2.99. The van der Waals surface area contributed by atoms with Crippen molar-refractivity contribution in [2.75, 3.05) is 5.88 Å². The minimum atomic E-state index is 0.405. The highest BCUT2D eigenvalue weighted by Crippen LogP contribution is 2.39. The number of halogens is 1. The second kappa shape index (κ2) is 3.18. The number of rotatable bonds is 1. The smallest absolute Gasteiger partial charge is 0.0436 e. The molecule has 0 saturated heterocycles. The van der Waals surface area contributed by atoms with Gasteiger partial charge in [-0.3, -0.25) is 0 Å². The fraction of sp³-hybridized carbons (Fsp3) is 0.800. The minimum Gasteiger partial charge on any atom is -0.122 e. The van der Waals surface area contributed by atoms with E-state index in [0.717, 1.165) is 5.88 Å². The van der Waals surface area contributed by atoms with Gasteiger partial charge in [0.15, 0.2) is 0 Å². The molecular formula is C10H17Cl. The van der Waals surface area contributed by atoms with E-state index in [0.29, 0.717) is 5.41 Å². The summed E-state index contributed by atoms with van der Waals surface area (Å²) in [6, 6.07) is 0. The van der Waals surface area contributed by atoms with Crippen LogP contribution >= 0.6 is 11.6 Å². The predicted molar refractivity (Wildman–Crippen MR) is 51.1 cm³/mol. The first kappa shape index (κ1) is 9.12. The van der Waals surface area contributed by atoms with E-state index in [-0.39, 0.29) is 0 Å². The van der Waals surface area contributed by atoms with E-state index in [1.807, 2.05) is 0 Å². The maximum atomic E-state index is 5.84. The molecule has 0 saturated carbocycles. The Morgan fingerprint density at radius 3 is 2.55 bits per heavy atom. The zero-order chi connectivity index (χ0) is 8.48. The van der Waals surface area contributed by atoms with Crippen molar-refractivity contribution in [2.45, 2.75) is 40.0 Å². The van der Waals surface area contributed by atoms with Crippen LogP contribution in [0, 0.1) is 5.41 Å². The largest absolute Gasteiger partial charge is 0.122 e. The van der Waals surface area contributed by atoms with Crippen molar-refractivity contribution < 1.29 is 0 Å². The van der Waals surface area contributed by atoms with E-state index < -0.39 is 0 Å². The van der Waals surface area contributed by atoms with Gasteiger partial charge in [-0.15, -0.1) is 11.6 Å². The van der Waals surface area contributed by atoms with Gasteiger partial charge in [-0.25, -0.2) is 0 Å². The normalized spacial score (nSPS) is 24.0. The van der Waals surface area contributed by atoms with Gasteiger partial charge >= 0.3 is 0 Å². The molecule has 1 rings (SSSR count). The molecule has 0 radical (unpaired) electrons. The zero-order valence-electron chi connectivity index (χ0n) is 7.71. The summed E-state index contributed by atoms with van der Waals surface area (Å²) in [6.45, 7) is 6.86. The molecular weight excluding hydrogens is 156 g/mol. The summed E-state index contributed by atoms with van der Waals surface area (Å²) in [5, 5.41) is 0. The van der Waals surface area contributed by atoms with E-state index in [2.05, 4.69) is 20.8 Å². The lowest BCUT2D eigenvalue weighted by atomic mass is 9.74. The standard InChI is InChI=1S/C10H17Cl/c1-8-9(7-11)5-4-6-10(8,2)3/h4-7H2,1-3H3. The molecule has 0 fully saturated rings. The van der Waals surface area contributed by atoms with Gasteiger partial charge in [-0.2, -0.15) is 0 Å². The average molecular weight is 173 g/mol. The topological polar surface area (TPSA) is 0 Å². The summed E-state index contributed by atoms with van der Waals surface area (Å²) in [5.41, 5.74) is 3.41. The molecule has 0 bridgehead atoms. The first-order valence-corrected chi connectivity index (χ1v) is 4.86. The summed E-state index contributed by atoms with van der Waals surface area (Å²) in [6.07, 6.45) is 3.85. The van der Waals surface area contributed by atoms with Crippen molar-refractivity contribution >= 4 is 11.6 Å². The van der Waals surface area contributed by atoms with E-state index in [4.69, 9.17) is 11.6 Å². The molecule has 11 heavy (non-hydrogen) atoms. The van der Waals surface area contributed by atoms with Gasteiger partial charge < -0.3 is 0 Å². The molecule has 1 aliphatic carbocycles. The van der Waals surface area contributed by atoms with Crippen LogP contribution in [0.5, 0.6) is 0 Å². The molecule has 0 aliphatic heterocycles. The van der Waals surface area contributed by atoms with Crippen LogP contribution in [0.1, 0.15) is 40.0 Å². The SMILES string of the molecule is CC1=C(CCl)CCCC1(C)C. The highest BCUT2D eigenvalue weighted by atomic mass is 35.5. The van der Waals surface area contributed by atoms with Crippen molar-refractivity contribution in [2.24, 2.45) is 5.41 Å². The first-order valence-electron chi connectivity index (χ1n) is 4.33. The van der Waals surface area contributed by atoms with Crippen LogP contribution in [0.25, 0.3) is 0 Å². The predicted octanol–water partition coefficient (Wildman–Crippen LogP) is 3.75. The quantitative estimate of drug-likeness (QED) is 0.418. The van der Waals surface area contributed by atoms with Crippen LogP contribution < -0.4 is 0 Å². The Morgan fingerprint density at radius 1 is 1.45 bits per heavy atom. The third kappa shape index (κ3) is 1.79. The Bertz CT molecular complexity index is 177. The van der Waals surface area contributed by atoms with Gasteiger partial charge in [0.05, 0.1) is 0 Å². The molecule has 0 aromatic carbocycles. The van der Waals surface area contributed by atoms with Crippen LogP contribution in [-0.2, 0) is 0 Å². The van der Waals surface area contributed by atoms with E-state index >= 15 is 0 Å². The molecule has 0 amide bonds. The maximum Gasteiger partial charge on any atom is 0.0436 e. The molecule has 0 heterocycles. The molecule has 0 nitrogen and oxygen atoms in total. The summed E-state index contributed by atoms with van der Waals surface area (Å²) in [7, 11) is 0. The van der Waals surface area contributed by atoms with Gasteiger partial charge in [0.1, 0.15) is 0 Å². The van der Waals surface area contributed by atoms with Crippen LogP contribution in [0.3, 0.4) is 0 Å². The summed E-state index contributed by atoms with van der Waals surface area (Å²) in [5.74, 6) is 0.731. The van der Waals surface area contributed by atoms with Crippen molar-refractivity contribution in [1.29, 1.82) is 0 Å². The lowest BCUT2D eigenvalue weighted by molar-refractivity contribution is 0.367. The van der Waals surface area contributed by atoms with Gasteiger partial charge in [-0.1, -0.05) is 25.0 Å². The molecule has 0 atom stereocenters. The Balaban J connectivity index is 2.89. The van der Waals surface area contributed by atoms with Crippen molar-refractivity contribution in [3.05, 3.63) is 11.1 Å². The minimum absolute atomic E-state index is 0.405. The highest BCUT2D eigenvalue weighted by molar-refractivity contribution is 6.19. The number of allylic oxidation sites excluding steroid dienone is 2.